The van der Waals surface area contributed by atoms with E-state index in [1.165, 1.54) is 0 Å². The normalized spacial score (nSPS) is 14.5. The summed E-state index contributed by atoms with van der Waals surface area (Å²) in [7, 11) is 0. The standard InChI is InChI=1S/C22H27N7O2/c1-18-15-20(3-4-21(18)29-17-24-25-26-29)22(30)28(16-19-5-7-23-8-6-19)10-2-9-27-11-13-31-14-12-27/h3-8,15,17H,2,9-14,16H2,1H3. The fourth-order valence-corrected chi connectivity index (χ4v) is 3.77. The first-order valence-corrected chi connectivity index (χ1v) is 10.5. The molecule has 1 fully saturated rings. The molecule has 2 aromatic heterocycles. The van der Waals surface area contributed by atoms with Crippen LogP contribution >= 0.6 is 0 Å². The molecule has 162 valence electrons. The van der Waals surface area contributed by atoms with Gasteiger partial charge in [0.05, 0.1) is 18.9 Å². The van der Waals surface area contributed by atoms with Gasteiger partial charge in [-0.05, 0) is 65.2 Å². The van der Waals surface area contributed by atoms with Crippen LogP contribution in [0.25, 0.3) is 5.69 Å². The molecular weight excluding hydrogens is 394 g/mol. The van der Waals surface area contributed by atoms with Gasteiger partial charge in [0, 0.05) is 50.7 Å². The van der Waals surface area contributed by atoms with Crippen molar-refractivity contribution in [3.8, 4) is 5.69 Å². The summed E-state index contributed by atoms with van der Waals surface area (Å²) in [6, 6.07) is 9.54. The quantitative estimate of drug-likeness (QED) is 0.547. The molecule has 9 nitrogen and oxygen atoms in total. The summed E-state index contributed by atoms with van der Waals surface area (Å²) >= 11 is 0. The van der Waals surface area contributed by atoms with Crippen LogP contribution in [0.5, 0.6) is 0 Å². The molecule has 3 heterocycles. The lowest BCUT2D eigenvalue weighted by atomic mass is 10.1. The Kier molecular flexibility index (Phi) is 6.96. The fraction of sp³-hybridized carbons (Fsp3) is 0.409. The van der Waals surface area contributed by atoms with E-state index in [9.17, 15) is 4.79 Å². The lowest BCUT2D eigenvalue weighted by Gasteiger charge is -2.28. The average Bonchev–Trinajstić information content (AvgIpc) is 3.34. The minimum atomic E-state index is 0.0187. The van der Waals surface area contributed by atoms with Gasteiger partial charge in [0.1, 0.15) is 6.33 Å². The van der Waals surface area contributed by atoms with Gasteiger partial charge in [-0.3, -0.25) is 14.7 Å². The lowest BCUT2D eigenvalue weighted by Crippen LogP contribution is -2.39. The Morgan fingerprint density at radius 2 is 1.97 bits per heavy atom. The molecule has 0 atom stereocenters. The van der Waals surface area contributed by atoms with Crippen LogP contribution in [0.3, 0.4) is 0 Å². The first-order valence-electron chi connectivity index (χ1n) is 10.5. The molecule has 3 aromatic rings. The summed E-state index contributed by atoms with van der Waals surface area (Å²) in [5, 5.41) is 11.3. The number of pyridine rings is 1. The van der Waals surface area contributed by atoms with Gasteiger partial charge in [-0.2, -0.15) is 0 Å². The Hall–Kier alpha value is -3.17. The Balaban J connectivity index is 1.47. The molecule has 0 unspecified atom stereocenters. The van der Waals surface area contributed by atoms with Crippen molar-refractivity contribution in [2.75, 3.05) is 39.4 Å². The third-order valence-electron chi connectivity index (χ3n) is 5.46. The molecule has 1 amide bonds. The second-order valence-corrected chi connectivity index (χ2v) is 7.65. The highest BCUT2D eigenvalue weighted by Crippen LogP contribution is 2.17. The average molecular weight is 422 g/mol. The molecule has 0 radical (unpaired) electrons. The van der Waals surface area contributed by atoms with Crippen LogP contribution in [0.2, 0.25) is 0 Å². The van der Waals surface area contributed by atoms with E-state index in [1.807, 2.05) is 42.2 Å². The third-order valence-corrected chi connectivity index (χ3v) is 5.46. The van der Waals surface area contributed by atoms with Gasteiger partial charge in [0.25, 0.3) is 5.91 Å². The van der Waals surface area contributed by atoms with Crippen molar-refractivity contribution < 1.29 is 9.53 Å². The molecule has 0 saturated carbocycles. The Morgan fingerprint density at radius 1 is 1.16 bits per heavy atom. The number of amides is 1. The topological polar surface area (TPSA) is 89.3 Å². The van der Waals surface area contributed by atoms with E-state index in [0.29, 0.717) is 18.7 Å². The number of aryl methyl sites for hydroxylation is 1. The molecule has 0 spiro atoms. The summed E-state index contributed by atoms with van der Waals surface area (Å²) in [5.41, 5.74) is 3.52. The Morgan fingerprint density at radius 3 is 2.68 bits per heavy atom. The molecule has 0 aliphatic carbocycles. The largest absolute Gasteiger partial charge is 0.379 e. The van der Waals surface area contributed by atoms with E-state index < -0.39 is 0 Å². The molecule has 0 N–H and O–H groups in total. The van der Waals surface area contributed by atoms with Gasteiger partial charge in [-0.25, -0.2) is 4.68 Å². The second-order valence-electron chi connectivity index (χ2n) is 7.65. The Bertz CT molecular complexity index is 973. The number of aromatic nitrogens is 5. The number of tetrazole rings is 1. The van der Waals surface area contributed by atoms with Crippen molar-refractivity contribution in [2.45, 2.75) is 19.9 Å². The van der Waals surface area contributed by atoms with E-state index in [4.69, 9.17) is 4.74 Å². The van der Waals surface area contributed by atoms with Crippen LogP contribution in [0.1, 0.15) is 27.9 Å². The Labute approximate surface area is 181 Å². The zero-order valence-corrected chi connectivity index (χ0v) is 17.7. The predicted molar refractivity (Wildman–Crippen MR) is 115 cm³/mol. The van der Waals surface area contributed by atoms with Crippen LogP contribution in [0, 0.1) is 6.92 Å². The van der Waals surface area contributed by atoms with E-state index in [2.05, 4.69) is 25.4 Å². The van der Waals surface area contributed by atoms with Gasteiger partial charge in [0.2, 0.25) is 0 Å². The molecule has 1 aromatic carbocycles. The van der Waals surface area contributed by atoms with Crippen LogP contribution in [0.15, 0.2) is 49.1 Å². The van der Waals surface area contributed by atoms with Gasteiger partial charge in [-0.1, -0.05) is 0 Å². The van der Waals surface area contributed by atoms with Crippen molar-refractivity contribution in [2.24, 2.45) is 0 Å². The highest BCUT2D eigenvalue weighted by molar-refractivity contribution is 5.94. The fourth-order valence-electron chi connectivity index (χ4n) is 3.77. The zero-order valence-electron chi connectivity index (χ0n) is 17.7. The molecule has 4 rings (SSSR count). The highest BCUT2D eigenvalue weighted by Gasteiger charge is 2.18. The maximum Gasteiger partial charge on any atom is 0.254 e. The second kappa shape index (κ2) is 10.2. The van der Waals surface area contributed by atoms with E-state index in [0.717, 1.165) is 56.1 Å². The van der Waals surface area contributed by atoms with Crippen molar-refractivity contribution in [1.29, 1.82) is 0 Å². The first-order chi connectivity index (χ1) is 15.2. The number of ether oxygens (including phenoxy) is 1. The summed E-state index contributed by atoms with van der Waals surface area (Å²) in [6.45, 7) is 7.64. The van der Waals surface area contributed by atoms with Gasteiger partial charge in [0.15, 0.2) is 0 Å². The van der Waals surface area contributed by atoms with Gasteiger partial charge in [-0.15, -0.1) is 5.10 Å². The highest BCUT2D eigenvalue weighted by atomic mass is 16.5. The van der Waals surface area contributed by atoms with Gasteiger partial charge >= 0.3 is 0 Å². The van der Waals surface area contributed by atoms with E-state index >= 15 is 0 Å². The molecule has 1 saturated heterocycles. The summed E-state index contributed by atoms with van der Waals surface area (Å²) < 4.78 is 7.02. The molecule has 31 heavy (non-hydrogen) atoms. The summed E-state index contributed by atoms with van der Waals surface area (Å²) in [4.78, 5) is 21.8. The minimum Gasteiger partial charge on any atom is -0.379 e. The van der Waals surface area contributed by atoms with Crippen LogP contribution in [-0.4, -0.2) is 80.3 Å². The molecule has 0 bridgehead atoms. The number of morpholine rings is 1. The number of hydrogen-bond acceptors (Lipinski definition) is 7. The molecule has 1 aliphatic heterocycles. The number of carbonyl (C=O) groups excluding carboxylic acids is 1. The van der Waals surface area contributed by atoms with Crippen molar-refractivity contribution in [1.82, 2.24) is 35.0 Å². The molecule has 9 heteroatoms. The SMILES string of the molecule is Cc1cc(C(=O)N(CCCN2CCOCC2)Cc2ccncc2)ccc1-n1cnnn1. The van der Waals surface area contributed by atoms with Gasteiger partial charge < -0.3 is 9.64 Å². The van der Waals surface area contributed by atoms with E-state index in [1.54, 1.807) is 23.4 Å². The first kappa shape index (κ1) is 21.1. The number of hydrogen-bond donors (Lipinski definition) is 0. The minimum absolute atomic E-state index is 0.0187. The number of nitrogens with zero attached hydrogens (tertiary/aromatic N) is 7. The maximum absolute atomic E-state index is 13.4. The number of carbonyl (C=O) groups is 1. The van der Waals surface area contributed by atoms with Crippen LogP contribution in [-0.2, 0) is 11.3 Å². The predicted octanol–water partition coefficient (Wildman–Crippen LogP) is 1.73. The van der Waals surface area contributed by atoms with E-state index in [-0.39, 0.29) is 5.91 Å². The van der Waals surface area contributed by atoms with Crippen LogP contribution in [0.4, 0.5) is 0 Å². The smallest absolute Gasteiger partial charge is 0.254 e. The number of benzene rings is 1. The van der Waals surface area contributed by atoms with Crippen LogP contribution < -0.4 is 0 Å². The summed E-state index contributed by atoms with van der Waals surface area (Å²) in [6.07, 6.45) is 5.98. The van der Waals surface area contributed by atoms with Crippen molar-refractivity contribution in [3.63, 3.8) is 0 Å². The maximum atomic E-state index is 13.4. The third kappa shape index (κ3) is 5.50. The monoisotopic (exact) mass is 421 g/mol. The lowest BCUT2D eigenvalue weighted by molar-refractivity contribution is 0.0355. The summed E-state index contributed by atoms with van der Waals surface area (Å²) in [5.74, 6) is 0.0187. The number of rotatable bonds is 8. The molecular formula is C22H27N7O2. The van der Waals surface area contributed by atoms with Crippen molar-refractivity contribution in [3.05, 3.63) is 65.7 Å². The molecule has 1 aliphatic rings. The van der Waals surface area contributed by atoms with Crippen molar-refractivity contribution >= 4 is 5.91 Å². The zero-order chi connectivity index (χ0) is 21.5.